The van der Waals surface area contributed by atoms with Gasteiger partial charge in [0, 0.05) is 18.3 Å². The van der Waals surface area contributed by atoms with Gasteiger partial charge in [0.1, 0.15) is 0 Å². The van der Waals surface area contributed by atoms with E-state index < -0.39 is 6.04 Å². The Labute approximate surface area is 100 Å². The lowest BCUT2D eigenvalue weighted by Gasteiger charge is -2.18. The molecule has 0 saturated carbocycles. The number of nitrogens with one attached hydrogen (secondary N) is 3. The maximum absolute atomic E-state index is 11.7. The van der Waals surface area contributed by atoms with Gasteiger partial charge in [0.25, 0.3) is 0 Å². The molecule has 0 aliphatic carbocycles. The van der Waals surface area contributed by atoms with E-state index in [9.17, 15) is 9.59 Å². The van der Waals surface area contributed by atoms with E-state index in [0.29, 0.717) is 6.42 Å². The first-order chi connectivity index (χ1) is 8.04. The largest absolute Gasteiger partial charge is 0.348 e. The minimum absolute atomic E-state index is 0.0729. The van der Waals surface area contributed by atoms with E-state index in [4.69, 9.17) is 0 Å². The molecule has 2 atom stereocenters. The van der Waals surface area contributed by atoms with Crippen LogP contribution < -0.4 is 10.6 Å². The van der Waals surface area contributed by atoms with E-state index in [1.165, 1.54) is 6.92 Å². The maximum atomic E-state index is 11.7. The standard InChI is InChI=1S/C11H18N4O2/c1-7(12-3)11(17)15-10(8(2)16)4-9-5-13-6-14-9/h5-7,10,12H,4H2,1-3H3,(H,13,14)(H,15,17). The summed E-state index contributed by atoms with van der Waals surface area (Å²) in [4.78, 5) is 29.9. The first kappa shape index (κ1) is 13.4. The van der Waals surface area contributed by atoms with Crippen LogP contribution in [0.3, 0.4) is 0 Å². The molecule has 1 heterocycles. The number of carbonyl (C=O) groups is 2. The normalized spacial score (nSPS) is 14.1. The Kier molecular flexibility index (Phi) is 4.84. The van der Waals surface area contributed by atoms with Gasteiger partial charge in [-0.2, -0.15) is 0 Å². The van der Waals surface area contributed by atoms with E-state index in [1.807, 2.05) is 0 Å². The number of hydrogen-bond acceptors (Lipinski definition) is 4. The van der Waals surface area contributed by atoms with E-state index in [-0.39, 0.29) is 17.7 Å². The smallest absolute Gasteiger partial charge is 0.237 e. The Balaban J connectivity index is 2.61. The molecule has 3 N–H and O–H groups in total. The highest BCUT2D eigenvalue weighted by Gasteiger charge is 2.20. The van der Waals surface area contributed by atoms with Gasteiger partial charge in [0.15, 0.2) is 5.78 Å². The number of H-pyrrole nitrogens is 1. The number of rotatable bonds is 6. The van der Waals surface area contributed by atoms with E-state index in [0.717, 1.165) is 5.69 Å². The van der Waals surface area contributed by atoms with E-state index in [2.05, 4.69) is 20.6 Å². The molecule has 1 aromatic heterocycles. The summed E-state index contributed by atoms with van der Waals surface area (Å²) in [6.07, 6.45) is 3.62. The molecule has 0 saturated heterocycles. The zero-order valence-electron chi connectivity index (χ0n) is 10.3. The Bertz CT molecular complexity index is 375. The molecule has 0 bridgehead atoms. The molecule has 0 spiro atoms. The quantitative estimate of drug-likeness (QED) is 0.631. The number of amides is 1. The monoisotopic (exact) mass is 238 g/mol. The fourth-order valence-corrected chi connectivity index (χ4v) is 1.34. The lowest BCUT2D eigenvalue weighted by Crippen LogP contribution is -2.48. The molecule has 6 nitrogen and oxygen atoms in total. The summed E-state index contributed by atoms with van der Waals surface area (Å²) in [6.45, 7) is 3.20. The molecule has 2 unspecified atom stereocenters. The van der Waals surface area contributed by atoms with Gasteiger partial charge >= 0.3 is 0 Å². The van der Waals surface area contributed by atoms with Crippen LogP contribution in [0, 0.1) is 0 Å². The summed E-state index contributed by atoms with van der Waals surface area (Å²) in [6, 6.07) is -0.836. The van der Waals surface area contributed by atoms with Gasteiger partial charge < -0.3 is 15.6 Å². The molecule has 0 fully saturated rings. The third kappa shape index (κ3) is 3.99. The fraction of sp³-hybridized carbons (Fsp3) is 0.545. The van der Waals surface area contributed by atoms with Crippen LogP contribution in [0.25, 0.3) is 0 Å². The van der Waals surface area contributed by atoms with Crippen LogP contribution in [0.1, 0.15) is 19.5 Å². The van der Waals surface area contributed by atoms with Gasteiger partial charge in [-0.15, -0.1) is 0 Å². The second-order valence-corrected chi connectivity index (χ2v) is 3.96. The average Bonchev–Trinajstić information content (AvgIpc) is 2.79. The molecule has 94 valence electrons. The summed E-state index contributed by atoms with van der Waals surface area (Å²) < 4.78 is 0. The first-order valence-electron chi connectivity index (χ1n) is 5.50. The lowest BCUT2D eigenvalue weighted by atomic mass is 10.1. The average molecular weight is 238 g/mol. The van der Waals surface area contributed by atoms with Crippen LogP contribution in [-0.4, -0.2) is 40.8 Å². The number of likely N-dealkylation sites (N-methyl/N-ethyl adjacent to an activating group) is 1. The van der Waals surface area contributed by atoms with Crippen LogP contribution in [0.4, 0.5) is 0 Å². The zero-order valence-corrected chi connectivity index (χ0v) is 10.3. The third-order valence-corrected chi connectivity index (χ3v) is 2.61. The van der Waals surface area contributed by atoms with Crippen LogP contribution in [0.2, 0.25) is 0 Å². The van der Waals surface area contributed by atoms with Crippen molar-refractivity contribution in [1.29, 1.82) is 0 Å². The highest BCUT2D eigenvalue weighted by molar-refractivity contribution is 5.89. The molecule has 0 aliphatic heterocycles. The fourth-order valence-electron chi connectivity index (χ4n) is 1.34. The highest BCUT2D eigenvalue weighted by atomic mass is 16.2. The van der Waals surface area contributed by atoms with Crippen molar-refractivity contribution in [2.24, 2.45) is 0 Å². The Morgan fingerprint density at radius 3 is 2.71 bits per heavy atom. The summed E-state index contributed by atoms with van der Waals surface area (Å²) in [5, 5.41) is 5.53. The number of aromatic nitrogens is 2. The summed E-state index contributed by atoms with van der Waals surface area (Å²) in [5.41, 5.74) is 0.822. The number of hydrogen-bond donors (Lipinski definition) is 3. The van der Waals surface area contributed by atoms with Gasteiger partial charge in [-0.25, -0.2) is 4.98 Å². The predicted octanol–water partition coefficient (Wildman–Crippen LogP) is -0.366. The van der Waals surface area contributed by atoms with Gasteiger partial charge in [0.05, 0.1) is 18.4 Å². The molecule has 0 radical (unpaired) electrons. The molecule has 1 amide bonds. The second-order valence-electron chi connectivity index (χ2n) is 3.96. The molecule has 6 heteroatoms. The molecule has 17 heavy (non-hydrogen) atoms. The number of nitrogens with zero attached hydrogens (tertiary/aromatic N) is 1. The van der Waals surface area contributed by atoms with Gasteiger partial charge in [-0.3, -0.25) is 9.59 Å². The van der Waals surface area contributed by atoms with Crippen molar-refractivity contribution in [2.45, 2.75) is 32.4 Å². The van der Waals surface area contributed by atoms with Crippen LogP contribution in [0.5, 0.6) is 0 Å². The number of carbonyl (C=O) groups excluding carboxylic acids is 2. The van der Waals surface area contributed by atoms with Crippen molar-refractivity contribution in [3.63, 3.8) is 0 Å². The summed E-state index contributed by atoms with van der Waals surface area (Å²) >= 11 is 0. The van der Waals surface area contributed by atoms with Gasteiger partial charge in [0.2, 0.25) is 5.91 Å². The number of imidazole rings is 1. The van der Waals surface area contributed by atoms with Crippen molar-refractivity contribution in [3.05, 3.63) is 18.2 Å². The Morgan fingerprint density at radius 1 is 1.53 bits per heavy atom. The molecular formula is C11H18N4O2. The van der Waals surface area contributed by atoms with Gasteiger partial charge in [-0.05, 0) is 20.9 Å². The summed E-state index contributed by atoms with van der Waals surface area (Å²) in [5.74, 6) is -0.261. The molecule has 0 aliphatic rings. The van der Waals surface area contributed by atoms with Crippen molar-refractivity contribution in [3.8, 4) is 0 Å². The number of aromatic amines is 1. The van der Waals surface area contributed by atoms with Crippen molar-refractivity contribution in [1.82, 2.24) is 20.6 Å². The number of ketones is 1. The Morgan fingerprint density at radius 2 is 2.24 bits per heavy atom. The Hall–Kier alpha value is -1.69. The predicted molar refractivity (Wildman–Crippen MR) is 63.4 cm³/mol. The van der Waals surface area contributed by atoms with E-state index in [1.54, 1.807) is 26.5 Å². The summed E-state index contributed by atoms with van der Waals surface area (Å²) in [7, 11) is 1.70. The first-order valence-corrected chi connectivity index (χ1v) is 5.50. The zero-order chi connectivity index (χ0) is 12.8. The SMILES string of the molecule is CNC(C)C(=O)NC(Cc1cnc[nH]1)C(C)=O. The van der Waals surface area contributed by atoms with Crippen molar-refractivity contribution < 1.29 is 9.59 Å². The molecule has 0 aromatic carbocycles. The minimum Gasteiger partial charge on any atom is -0.348 e. The van der Waals surface area contributed by atoms with Gasteiger partial charge in [-0.1, -0.05) is 0 Å². The molecule has 1 rings (SSSR count). The van der Waals surface area contributed by atoms with Crippen LogP contribution in [-0.2, 0) is 16.0 Å². The molecular weight excluding hydrogens is 220 g/mol. The lowest BCUT2D eigenvalue weighted by molar-refractivity contribution is -0.127. The third-order valence-electron chi connectivity index (χ3n) is 2.61. The van der Waals surface area contributed by atoms with Crippen LogP contribution >= 0.6 is 0 Å². The highest BCUT2D eigenvalue weighted by Crippen LogP contribution is 2.00. The van der Waals surface area contributed by atoms with Crippen molar-refractivity contribution >= 4 is 11.7 Å². The minimum atomic E-state index is -0.515. The van der Waals surface area contributed by atoms with Crippen LogP contribution in [0.15, 0.2) is 12.5 Å². The number of Topliss-reactive ketones (excluding diaryl/α,β-unsaturated/α-hetero) is 1. The second kappa shape index (κ2) is 6.15. The molecule has 1 aromatic rings. The van der Waals surface area contributed by atoms with Crippen molar-refractivity contribution in [2.75, 3.05) is 7.05 Å². The maximum Gasteiger partial charge on any atom is 0.237 e. The van der Waals surface area contributed by atoms with E-state index >= 15 is 0 Å². The topological polar surface area (TPSA) is 86.9 Å².